The Hall–Kier alpha value is -1.93. The molecule has 0 bridgehead atoms. The lowest BCUT2D eigenvalue weighted by atomic mass is 10.0. The molecule has 8 heteroatoms. The lowest BCUT2D eigenvalue weighted by Crippen LogP contribution is -2.26. The van der Waals surface area contributed by atoms with Crippen LogP contribution in [0.5, 0.6) is 0 Å². The van der Waals surface area contributed by atoms with Crippen LogP contribution in [-0.2, 0) is 23.8 Å². The first-order valence-electron chi connectivity index (χ1n) is 7.57. The van der Waals surface area contributed by atoms with Crippen molar-refractivity contribution in [2.24, 2.45) is 7.05 Å². The van der Waals surface area contributed by atoms with Gasteiger partial charge in [0.1, 0.15) is 5.60 Å². The topological polar surface area (TPSA) is 43.3 Å². The zero-order chi connectivity index (χ0) is 18.4. The zero-order valence-electron chi connectivity index (χ0n) is 13.9. The predicted molar refractivity (Wildman–Crippen MR) is 91.9 cm³/mol. The highest BCUT2D eigenvalue weighted by molar-refractivity contribution is 8.02. The Kier molecular flexibility index (Phi) is 4.36. The fraction of sp³-hybridized carbons (Fsp3) is 0.353. The number of hydrogen-bond acceptors (Lipinski definition) is 4. The van der Waals surface area contributed by atoms with Crippen molar-refractivity contribution in [3.63, 3.8) is 0 Å². The van der Waals surface area contributed by atoms with E-state index < -0.39 is 22.9 Å². The molecule has 2 aromatic rings. The smallest absolute Gasteiger partial charge is 0.311 e. The molecular formula is C17H17F3N2O2S. The molecule has 1 aromatic carbocycles. The fourth-order valence-electron chi connectivity index (χ4n) is 2.79. The molecule has 2 heterocycles. The molecule has 4 nitrogen and oxygen atoms in total. The third-order valence-electron chi connectivity index (χ3n) is 3.95. The van der Waals surface area contributed by atoms with Gasteiger partial charge in [0.15, 0.2) is 0 Å². The first-order chi connectivity index (χ1) is 11.6. The van der Waals surface area contributed by atoms with Gasteiger partial charge in [0.05, 0.1) is 16.1 Å². The van der Waals surface area contributed by atoms with Crippen LogP contribution in [-0.4, -0.2) is 10.2 Å². The number of para-hydroxylation sites is 1. The Bertz CT molecular complexity index is 916. The summed E-state index contributed by atoms with van der Waals surface area (Å²) in [5, 5.41) is 0.617. The number of benzene rings is 1. The molecule has 1 N–H and O–H groups in total. The highest BCUT2D eigenvalue weighted by atomic mass is 32.2. The SMILES string of the molecule is Cn1c(=O)c(CSC2=CC(C)(C)ON2)c(C(F)(F)F)c2ccccc21. The third kappa shape index (κ3) is 3.41. The molecule has 25 heavy (non-hydrogen) atoms. The number of nitrogens with zero attached hydrogens (tertiary/aromatic N) is 1. The quantitative estimate of drug-likeness (QED) is 0.889. The number of alkyl halides is 3. The number of aryl methyl sites for hydroxylation is 1. The first kappa shape index (κ1) is 17.9. The van der Waals surface area contributed by atoms with E-state index in [-0.39, 0.29) is 22.2 Å². The van der Waals surface area contributed by atoms with E-state index in [2.05, 4.69) is 5.48 Å². The molecule has 0 aliphatic carbocycles. The number of aromatic nitrogens is 1. The summed E-state index contributed by atoms with van der Waals surface area (Å²) in [6.45, 7) is 3.65. The van der Waals surface area contributed by atoms with Crippen molar-refractivity contribution in [3.8, 4) is 0 Å². The van der Waals surface area contributed by atoms with Crippen LogP contribution in [0, 0.1) is 0 Å². The van der Waals surface area contributed by atoms with Gasteiger partial charge in [0, 0.05) is 23.8 Å². The van der Waals surface area contributed by atoms with E-state index in [1.54, 1.807) is 12.1 Å². The van der Waals surface area contributed by atoms with Crippen LogP contribution >= 0.6 is 11.8 Å². The van der Waals surface area contributed by atoms with E-state index in [0.29, 0.717) is 5.03 Å². The Balaban J connectivity index is 2.11. The van der Waals surface area contributed by atoms with Crippen molar-refractivity contribution in [1.29, 1.82) is 0 Å². The van der Waals surface area contributed by atoms with Crippen LogP contribution in [0.3, 0.4) is 0 Å². The molecule has 1 aliphatic heterocycles. The van der Waals surface area contributed by atoms with Crippen LogP contribution in [0.2, 0.25) is 0 Å². The Labute approximate surface area is 146 Å². The number of thioether (sulfide) groups is 1. The van der Waals surface area contributed by atoms with Crippen molar-refractivity contribution in [2.45, 2.75) is 31.4 Å². The summed E-state index contributed by atoms with van der Waals surface area (Å²) in [5.41, 5.74) is 0.640. The van der Waals surface area contributed by atoms with Gasteiger partial charge in [-0.15, -0.1) is 11.8 Å². The monoisotopic (exact) mass is 370 g/mol. The Morgan fingerprint density at radius 2 is 1.96 bits per heavy atom. The molecule has 3 rings (SSSR count). The van der Waals surface area contributed by atoms with Crippen molar-refractivity contribution < 1.29 is 18.0 Å². The van der Waals surface area contributed by atoms with Crippen molar-refractivity contribution >= 4 is 22.7 Å². The van der Waals surface area contributed by atoms with Crippen molar-refractivity contribution in [3.05, 3.63) is 56.9 Å². The van der Waals surface area contributed by atoms with Gasteiger partial charge < -0.3 is 4.57 Å². The van der Waals surface area contributed by atoms with Crippen LogP contribution in [0.15, 0.2) is 40.2 Å². The summed E-state index contributed by atoms with van der Waals surface area (Å²) in [6, 6.07) is 6.06. The normalized spacial score (nSPS) is 16.8. The number of pyridine rings is 1. The Morgan fingerprint density at radius 3 is 2.56 bits per heavy atom. The van der Waals surface area contributed by atoms with Gasteiger partial charge in [0.2, 0.25) is 0 Å². The molecule has 0 radical (unpaired) electrons. The summed E-state index contributed by atoms with van der Waals surface area (Å²) in [7, 11) is 1.48. The minimum Gasteiger partial charge on any atom is -0.311 e. The predicted octanol–water partition coefficient (Wildman–Crippen LogP) is 3.95. The maximum absolute atomic E-state index is 13.7. The van der Waals surface area contributed by atoms with E-state index in [4.69, 9.17) is 4.84 Å². The lowest BCUT2D eigenvalue weighted by molar-refractivity contribution is -0.136. The summed E-state index contributed by atoms with van der Waals surface area (Å²) < 4.78 is 42.4. The van der Waals surface area contributed by atoms with Crippen LogP contribution < -0.4 is 11.0 Å². The van der Waals surface area contributed by atoms with Gasteiger partial charge in [-0.1, -0.05) is 18.2 Å². The standard InChI is InChI=1S/C17H17F3N2O2S/c1-16(2)8-13(21-24-16)25-9-11-14(17(18,19)20)10-6-4-5-7-12(10)22(3)15(11)23/h4-8,21H,9H2,1-3H3. The van der Waals surface area contributed by atoms with Gasteiger partial charge in [0.25, 0.3) is 5.56 Å². The third-order valence-corrected chi connectivity index (χ3v) is 4.89. The van der Waals surface area contributed by atoms with E-state index in [1.165, 1.54) is 29.8 Å². The highest BCUT2D eigenvalue weighted by Gasteiger charge is 2.37. The van der Waals surface area contributed by atoms with E-state index in [9.17, 15) is 18.0 Å². The van der Waals surface area contributed by atoms with Gasteiger partial charge >= 0.3 is 6.18 Å². The minimum absolute atomic E-state index is 0.0256. The van der Waals surface area contributed by atoms with Crippen LogP contribution in [0.25, 0.3) is 10.9 Å². The molecule has 134 valence electrons. The molecule has 0 unspecified atom stereocenters. The zero-order valence-corrected chi connectivity index (χ0v) is 14.7. The number of rotatable bonds is 3. The first-order valence-corrected chi connectivity index (χ1v) is 8.56. The minimum atomic E-state index is -4.61. The van der Waals surface area contributed by atoms with Gasteiger partial charge in [-0.3, -0.25) is 15.1 Å². The second kappa shape index (κ2) is 6.10. The second-order valence-corrected chi connectivity index (χ2v) is 7.35. The largest absolute Gasteiger partial charge is 0.417 e. The van der Waals surface area contributed by atoms with Crippen molar-refractivity contribution in [1.82, 2.24) is 10.0 Å². The average Bonchev–Trinajstić information content (AvgIpc) is 2.87. The lowest BCUT2D eigenvalue weighted by Gasteiger charge is -2.17. The van der Waals surface area contributed by atoms with Crippen molar-refractivity contribution in [2.75, 3.05) is 0 Å². The van der Waals surface area contributed by atoms with Gasteiger partial charge in [-0.25, -0.2) is 0 Å². The second-order valence-electron chi connectivity index (χ2n) is 6.34. The van der Waals surface area contributed by atoms with Gasteiger partial charge in [-0.05, 0) is 26.0 Å². The molecule has 1 aliphatic rings. The molecule has 0 saturated heterocycles. The Morgan fingerprint density at radius 1 is 1.28 bits per heavy atom. The molecule has 0 amide bonds. The number of hydrogen-bond donors (Lipinski definition) is 1. The fourth-order valence-corrected chi connectivity index (χ4v) is 3.83. The molecule has 0 fully saturated rings. The molecule has 1 aromatic heterocycles. The van der Waals surface area contributed by atoms with Crippen LogP contribution in [0.1, 0.15) is 25.0 Å². The van der Waals surface area contributed by atoms with Gasteiger partial charge in [-0.2, -0.15) is 13.2 Å². The summed E-state index contributed by atoms with van der Waals surface area (Å²) >= 11 is 1.11. The van der Waals surface area contributed by atoms with E-state index in [1.807, 2.05) is 13.8 Å². The average molecular weight is 370 g/mol. The van der Waals surface area contributed by atoms with E-state index >= 15 is 0 Å². The molecule has 0 spiro atoms. The molecule has 0 atom stereocenters. The number of halogens is 3. The maximum atomic E-state index is 13.7. The number of nitrogens with one attached hydrogen (secondary N) is 1. The molecular weight excluding hydrogens is 353 g/mol. The maximum Gasteiger partial charge on any atom is 0.417 e. The number of hydroxylamine groups is 1. The highest BCUT2D eigenvalue weighted by Crippen LogP contribution is 2.38. The summed E-state index contributed by atoms with van der Waals surface area (Å²) in [5.74, 6) is -0.107. The molecule has 0 saturated carbocycles. The number of fused-ring (bicyclic) bond motifs is 1. The van der Waals surface area contributed by atoms with E-state index in [0.717, 1.165) is 11.8 Å². The summed E-state index contributed by atoms with van der Waals surface area (Å²) in [6.07, 6.45) is -2.84. The summed E-state index contributed by atoms with van der Waals surface area (Å²) in [4.78, 5) is 17.9. The van der Waals surface area contributed by atoms with Crippen LogP contribution in [0.4, 0.5) is 13.2 Å².